The van der Waals surface area contributed by atoms with Gasteiger partial charge < -0.3 is 28.7 Å². The number of hydrogen-bond acceptors (Lipinski definition) is 7. The third-order valence-corrected chi connectivity index (χ3v) is 9.98. The van der Waals surface area contributed by atoms with Crippen molar-refractivity contribution in [2.45, 2.75) is 0 Å². The van der Waals surface area contributed by atoms with E-state index in [1.165, 1.54) is 0 Å². The Bertz CT molecular complexity index is 2390. The highest BCUT2D eigenvalue weighted by Crippen LogP contribution is 2.38. The summed E-state index contributed by atoms with van der Waals surface area (Å²) >= 11 is 0. The molecule has 8 heteroatoms. The predicted octanol–water partition coefficient (Wildman–Crippen LogP) is 13.4. The monoisotopic (exact) mass is 786 g/mol. The number of nitriles is 1. The first-order valence-corrected chi connectivity index (χ1v) is 19.1. The van der Waals surface area contributed by atoms with Crippen molar-refractivity contribution in [2.24, 2.45) is 0 Å². The van der Waals surface area contributed by atoms with Crippen LogP contribution in [0.15, 0.2) is 158 Å². The van der Waals surface area contributed by atoms with Crippen molar-refractivity contribution in [2.75, 3.05) is 38.2 Å². The molecule has 8 nitrogen and oxygen atoms in total. The topological polar surface area (TPSA) is 71.6 Å². The van der Waals surface area contributed by atoms with E-state index in [-0.39, 0.29) is 0 Å². The van der Waals surface area contributed by atoms with Crippen LogP contribution in [0.1, 0.15) is 27.8 Å². The van der Waals surface area contributed by atoms with Crippen LogP contribution >= 0.6 is 0 Å². The minimum Gasteiger partial charge on any atom is -0.497 e. The first-order valence-electron chi connectivity index (χ1n) is 19.1. The van der Waals surface area contributed by atoms with Gasteiger partial charge in [-0.2, -0.15) is 5.26 Å². The Labute approximate surface area is 351 Å². The van der Waals surface area contributed by atoms with Crippen molar-refractivity contribution in [3.8, 4) is 29.1 Å². The molecule has 294 valence electrons. The highest BCUT2D eigenvalue weighted by molar-refractivity contribution is 5.84. The molecule has 0 unspecified atom stereocenters. The Morgan fingerprint density at radius 2 is 0.733 bits per heavy atom. The number of nitrogens with zero attached hydrogens (tertiary/aromatic N) is 4. The fourth-order valence-corrected chi connectivity index (χ4v) is 6.75. The third-order valence-electron chi connectivity index (χ3n) is 9.98. The average Bonchev–Trinajstić information content (AvgIpc) is 3.32. The molecule has 0 saturated heterocycles. The largest absolute Gasteiger partial charge is 0.497 e. The van der Waals surface area contributed by atoms with Crippen LogP contribution in [0, 0.1) is 17.9 Å². The molecule has 0 radical (unpaired) electrons. The van der Waals surface area contributed by atoms with Gasteiger partial charge in [0.2, 0.25) is 0 Å². The summed E-state index contributed by atoms with van der Waals surface area (Å²) in [5.74, 6) is 3.12. The minimum absolute atomic E-state index is 0.455. The predicted molar refractivity (Wildman–Crippen MR) is 244 cm³/mol. The summed E-state index contributed by atoms with van der Waals surface area (Å²) in [4.78, 5) is 8.13. The number of anilines is 6. The van der Waals surface area contributed by atoms with Gasteiger partial charge in [0.05, 0.1) is 46.6 Å². The zero-order valence-electron chi connectivity index (χ0n) is 33.7. The first-order chi connectivity index (χ1) is 29.4. The highest BCUT2D eigenvalue weighted by Gasteiger charge is 2.15. The Morgan fingerprint density at radius 3 is 1.02 bits per heavy atom. The molecule has 7 rings (SSSR count). The Hall–Kier alpha value is -8.20. The second-order valence-electron chi connectivity index (χ2n) is 13.5. The van der Waals surface area contributed by atoms with E-state index in [2.05, 4.69) is 45.0 Å². The van der Waals surface area contributed by atoms with E-state index in [0.29, 0.717) is 22.4 Å². The maximum Gasteiger partial charge on any atom is 0.194 e. The first kappa shape index (κ1) is 40.0. The summed E-state index contributed by atoms with van der Waals surface area (Å²) in [6.45, 7) is 7.97. The normalized spacial score (nSPS) is 10.8. The van der Waals surface area contributed by atoms with Crippen molar-refractivity contribution in [1.82, 2.24) is 0 Å². The molecule has 0 spiro atoms. The van der Waals surface area contributed by atoms with E-state index in [1.807, 2.05) is 146 Å². The van der Waals surface area contributed by atoms with E-state index in [1.54, 1.807) is 40.6 Å². The standard InChI is InChI=1S/C52H42N4O4/c1-54-52-35-39(12-6-37-8-14-42(15-9-37)55(44-18-26-48(57-2)27-19-44)45-20-28-49(58-3)29-21-45)41(36-53)34-40(52)13-7-38-10-16-43(17-11-38)56(46-22-30-50(59-4)31-23-46)47-24-32-51(60-5)33-25-47/h6-35H,2-5H3/b12-6-,13-7-. The number of rotatable bonds is 14. The van der Waals surface area contributed by atoms with E-state index >= 15 is 0 Å². The molecular formula is C52H42N4O4. The fourth-order valence-electron chi connectivity index (χ4n) is 6.75. The minimum atomic E-state index is 0.455. The number of ether oxygens (including phenoxy) is 4. The molecule has 0 aliphatic heterocycles. The Morgan fingerprint density at radius 1 is 0.433 bits per heavy atom. The fraction of sp³-hybridized carbons (Fsp3) is 0.0769. The number of hydrogen-bond donors (Lipinski definition) is 0. The van der Waals surface area contributed by atoms with Gasteiger partial charge >= 0.3 is 0 Å². The van der Waals surface area contributed by atoms with Crippen LogP contribution in [0.4, 0.5) is 39.8 Å². The molecule has 0 aromatic heterocycles. The van der Waals surface area contributed by atoms with Crippen molar-refractivity contribution in [3.05, 3.63) is 197 Å². The van der Waals surface area contributed by atoms with Gasteiger partial charge in [0.25, 0.3) is 0 Å². The summed E-state index contributed by atoms with van der Waals surface area (Å²) in [6, 6.07) is 53.9. The van der Waals surface area contributed by atoms with Gasteiger partial charge in [-0.1, -0.05) is 48.6 Å². The molecule has 0 fully saturated rings. The van der Waals surface area contributed by atoms with Crippen LogP contribution < -0.4 is 28.7 Å². The summed E-state index contributed by atoms with van der Waals surface area (Å²) in [5.41, 5.74) is 9.99. The molecule has 0 aliphatic carbocycles. The van der Waals surface area contributed by atoms with Gasteiger partial charge in [0.1, 0.15) is 23.0 Å². The maximum absolute atomic E-state index is 10.2. The summed E-state index contributed by atoms with van der Waals surface area (Å²) in [6.07, 6.45) is 7.68. The van der Waals surface area contributed by atoms with E-state index in [9.17, 15) is 5.26 Å². The van der Waals surface area contributed by atoms with Crippen LogP contribution in [-0.2, 0) is 0 Å². The molecule has 7 aromatic carbocycles. The zero-order valence-corrected chi connectivity index (χ0v) is 33.7. The molecule has 0 bridgehead atoms. The van der Waals surface area contributed by atoms with Crippen LogP contribution in [-0.4, -0.2) is 28.4 Å². The lowest BCUT2D eigenvalue weighted by molar-refractivity contribution is 0.414. The lowest BCUT2D eigenvalue weighted by Gasteiger charge is -2.26. The smallest absolute Gasteiger partial charge is 0.194 e. The van der Waals surface area contributed by atoms with E-state index in [4.69, 9.17) is 25.5 Å². The van der Waals surface area contributed by atoms with E-state index < -0.39 is 0 Å². The lowest BCUT2D eigenvalue weighted by Crippen LogP contribution is -2.09. The van der Waals surface area contributed by atoms with Crippen LogP contribution in [0.5, 0.6) is 23.0 Å². The summed E-state index contributed by atoms with van der Waals surface area (Å²) < 4.78 is 21.6. The molecule has 0 N–H and O–H groups in total. The van der Waals surface area contributed by atoms with Crippen LogP contribution in [0.2, 0.25) is 0 Å². The molecule has 0 atom stereocenters. The number of benzene rings is 7. The molecule has 0 heterocycles. The summed E-state index contributed by atoms with van der Waals surface area (Å²) in [7, 11) is 6.62. The second-order valence-corrected chi connectivity index (χ2v) is 13.5. The maximum atomic E-state index is 10.2. The van der Waals surface area contributed by atoms with Crippen molar-refractivity contribution < 1.29 is 18.9 Å². The van der Waals surface area contributed by atoms with Gasteiger partial charge in [-0.15, -0.1) is 0 Å². The molecule has 0 saturated carbocycles. The summed E-state index contributed by atoms with van der Waals surface area (Å²) in [5, 5.41) is 10.2. The second kappa shape index (κ2) is 18.8. The Kier molecular flexibility index (Phi) is 12.6. The van der Waals surface area contributed by atoms with Crippen LogP contribution in [0.25, 0.3) is 29.1 Å². The molecule has 7 aromatic rings. The van der Waals surface area contributed by atoms with Crippen molar-refractivity contribution >= 4 is 64.1 Å². The molecule has 0 aliphatic rings. The van der Waals surface area contributed by atoms with Crippen LogP contribution in [0.3, 0.4) is 0 Å². The van der Waals surface area contributed by atoms with Gasteiger partial charge in [-0.3, -0.25) is 0 Å². The number of methoxy groups -OCH3 is 4. The quantitative estimate of drug-likeness (QED) is 0.0803. The highest BCUT2D eigenvalue weighted by atomic mass is 16.5. The average molecular weight is 787 g/mol. The zero-order chi connectivity index (χ0) is 41.8. The van der Waals surface area contributed by atoms with E-state index in [0.717, 1.165) is 68.2 Å². The molecule has 0 amide bonds. The SMILES string of the molecule is [C-]#[N+]c1cc(/C=C\c2ccc(N(c3ccc(OC)cc3)c3ccc(OC)cc3)cc2)c(C#N)cc1/C=C\c1ccc(N(c2ccc(OC)cc2)c2ccc(OC)cc2)cc1. The van der Waals surface area contributed by atoms with Gasteiger partial charge in [0, 0.05) is 34.1 Å². The van der Waals surface area contributed by atoms with Gasteiger partial charge in [-0.05, 0) is 156 Å². The molecule has 60 heavy (non-hydrogen) atoms. The molecular weight excluding hydrogens is 745 g/mol. The van der Waals surface area contributed by atoms with Crippen molar-refractivity contribution in [3.63, 3.8) is 0 Å². The van der Waals surface area contributed by atoms with Gasteiger partial charge in [0.15, 0.2) is 5.69 Å². The lowest BCUT2D eigenvalue weighted by atomic mass is 10.0. The van der Waals surface area contributed by atoms with Gasteiger partial charge in [-0.25, -0.2) is 4.85 Å². The Balaban J connectivity index is 1.11. The van der Waals surface area contributed by atoms with Crippen molar-refractivity contribution in [1.29, 1.82) is 5.26 Å². The third kappa shape index (κ3) is 9.16.